The highest BCUT2D eigenvalue weighted by molar-refractivity contribution is 7.25. The first kappa shape index (κ1) is 15.8. The van der Waals surface area contributed by atoms with Gasteiger partial charge in [-0.2, -0.15) is 0 Å². The van der Waals surface area contributed by atoms with Gasteiger partial charge in [-0.3, -0.25) is 4.79 Å². The third-order valence-corrected chi connectivity index (χ3v) is 2.98. The maximum Gasteiger partial charge on any atom is 0.315 e. The molecule has 0 aliphatic heterocycles. The van der Waals surface area contributed by atoms with E-state index in [1.54, 1.807) is 0 Å². The Morgan fingerprint density at radius 3 is 1.88 bits per heavy atom. The first-order valence-electron chi connectivity index (χ1n) is 5.37. The van der Waals surface area contributed by atoms with Gasteiger partial charge in [-0.25, -0.2) is 0 Å². The van der Waals surface area contributed by atoms with Crippen molar-refractivity contribution in [3.05, 3.63) is 0 Å². The fourth-order valence-electron chi connectivity index (χ4n) is 1.65. The van der Waals surface area contributed by atoms with Gasteiger partial charge in [0.1, 0.15) is 0 Å². The third kappa shape index (κ3) is 4.36. The van der Waals surface area contributed by atoms with Crippen LogP contribution >= 0.6 is 9.03 Å². The van der Waals surface area contributed by atoms with Crippen LogP contribution in [0.4, 0.5) is 0 Å². The van der Waals surface area contributed by atoms with Crippen molar-refractivity contribution in [2.24, 2.45) is 22.5 Å². The fourth-order valence-corrected chi connectivity index (χ4v) is 1.86. The Bertz CT molecular complexity index is 243. The van der Waals surface area contributed by atoms with Gasteiger partial charge in [-0.15, -0.1) is 0 Å². The summed E-state index contributed by atoms with van der Waals surface area (Å²) in [5, 5.41) is 0. The lowest BCUT2D eigenvalue weighted by atomic mass is 9.69. The fraction of sp³-hybridized carbons (Fsp3) is 0.909. The summed E-state index contributed by atoms with van der Waals surface area (Å²) in [6.45, 7) is 11.8. The molecule has 0 aliphatic rings. The Hall–Kier alpha value is -0.180. The van der Waals surface area contributed by atoms with Crippen LogP contribution in [0.25, 0.3) is 0 Å². The zero-order valence-corrected chi connectivity index (χ0v) is 12.0. The van der Waals surface area contributed by atoms with E-state index in [4.69, 9.17) is 15.2 Å². The summed E-state index contributed by atoms with van der Waals surface area (Å²) in [5.41, 5.74) is 5.66. The molecule has 0 bridgehead atoms. The summed E-state index contributed by atoms with van der Waals surface area (Å²) in [6, 6.07) is -0.309. The number of rotatable bonds is 3. The Labute approximate surface area is 99.9 Å². The predicted molar refractivity (Wildman–Crippen MR) is 67.0 cm³/mol. The quantitative estimate of drug-likeness (QED) is 0.751. The van der Waals surface area contributed by atoms with E-state index in [1.165, 1.54) is 0 Å². The highest BCUT2D eigenvalue weighted by Gasteiger charge is 2.42. The summed E-state index contributed by atoms with van der Waals surface area (Å²) in [6.07, 6.45) is 0. The van der Waals surface area contributed by atoms with Gasteiger partial charge < -0.3 is 15.2 Å². The largest absolute Gasteiger partial charge is 0.420 e. The van der Waals surface area contributed by atoms with Crippen LogP contribution in [0.3, 0.4) is 0 Å². The molecule has 0 radical (unpaired) electrons. The van der Waals surface area contributed by atoms with Gasteiger partial charge >= 0.3 is 5.97 Å². The van der Waals surface area contributed by atoms with Crippen molar-refractivity contribution in [1.82, 2.24) is 0 Å². The summed E-state index contributed by atoms with van der Waals surface area (Å²) >= 11 is 0. The van der Waals surface area contributed by atoms with Crippen molar-refractivity contribution >= 4 is 15.0 Å². The zero-order chi connectivity index (χ0) is 13.1. The summed E-state index contributed by atoms with van der Waals surface area (Å²) in [5.74, 6) is -0.845. The number of carbonyl (C=O) groups is 1. The molecule has 3 N–H and O–H groups in total. The maximum atomic E-state index is 11.8. The minimum absolute atomic E-state index is 0.185. The minimum Gasteiger partial charge on any atom is -0.420 e. The molecule has 0 saturated heterocycles. The molecule has 4 nitrogen and oxygen atoms in total. The zero-order valence-electron chi connectivity index (χ0n) is 11.0. The smallest absolute Gasteiger partial charge is 0.315 e. The van der Waals surface area contributed by atoms with Crippen molar-refractivity contribution < 1.29 is 14.2 Å². The van der Waals surface area contributed by atoms with Crippen molar-refractivity contribution in [2.45, 2.75) is 47.6 Å². The lowest BCUT2D eigenvalue weighted by Crippen LogP contribution is -2.50. The van der Waals surface area contributed by atoms with Crippen molar-refractivity contribution in [2.75, 3.05) is 0 Å². The second-order valence-electron chi connectivity index (χ2n) is 6.25. The first-order valence-corrected chi connectivity index (χ1v) is 6.22. The molecule has 0 spiro atoms. The van der Waals surface area contributed by atoms with E-state index in [2.05, 4.69) is 0 Å². The predicted octanol–water partition coefficient (Wildman–Crippen LogP) is 2.07. The van der Waals surface area contributed by atoms with E-state index < -0.39 is 20.9 Å². The molecule has 5 heteroatoms. The molecule has 0 heterocycles. The standard InChI is InChI=1S/C11H24NO3P/c1-10(2,3)7(9(13)15-16-14)8(12)11(4,5)6/h7-8,14,16H,12H2,1-6H3. The first-order chi connectivity index (χ1) is 7.01. The van der Waals surface area contributed by atoms with Gasteiger partial charge in [0.25, 0.3) is 0 Å². The molecular weight excluding hydrogens is 225 g/mol. The molecule has 0 rings (SSSR count). The van der Waals surface area contributed by atoms with Crippen molar-refractivity contribution in [1.29, 1.82) is 0 Å². The Kier molecular flexibility index (Phi) is 5.37. The number of hydrogen-bond acceptors (Lipinski definition) is 4. The normalized spacial score (nSPS) is 17.5. The van der Waals surface area contributed by atoms with Crippen molar-refractivity contribution in [3.63, 3.8) is 0 Å². The van der Waals surface area contributed by atoms with Crippen LogP contribution in [0, 0.1) is 16.7 Å². The molecule has 3 unspecified atom stereocenters. The van der Waals surface area contributed by atoms with Crippen LogP contribution in [0.15, 0.2) is 0 Å². The highest BCUT2D eigenvalue weighted by Crippen LogP contribution is 2.36. The Balaban J connectivity index is 5.04. The monoisotopic (exact) mass is 249 g/mol. The average molecular weight is 249 g/mol. The summed E-state index contributed by atoms with van der Waals surface area (Å²) < 4.78 is 4.71. The average Bonchev–Trinajstić information content (AvgIpc) is 1.99. The van der Waals surface area contributed by atoms with Crippen LogP contribution in [-0.2, 0) is 9.32 Å². The lowest BCUT2D eigenvalue weighted by molar-refractivity contribution is -0.144. The topological polar surface area (TPSA) is 72.6 Å². The van der Waals surface area contributed by atoms with Gasteiger partial charge in [0.2, 0.25) is 9.03 Å². The molecule has 0 saturated carbocycles. The summed E-state index contributed by atoms with van der Waals surface area (Å²) in [7, 11) is -0.819. The van der Waals surface area contributed by atoms with Crippen LogP contribution in [0.2, 0.25) is 0 Å². The van der Waals surface area contributed by atoms with E-state index >= 15 is 0 Å². The van der Waals surface area contributed by atoms with Crippen LogP contribution in [0.1, 0.15) is 41.5 Å². The van der Waals surface area contributed by atoms with E-state index in [1.807, 2.05) is 41.5 Å². The number of hydrogen-bond donors (Lipinski definition) is 2. The molecule has 0 fully saturated rings. The Morgan fingerprint density at radius 2 is 1.62 bits per heavy atom. The minimum atomic E-state index is -0.819. The SMILES string of the molecule is CC(C)(C)C(N)C(C(=O)OPO)C(C)(C)C. The molecule has 0 aromatic heterocycles. The second-order valence-corrected chi connectivity index (χ2v) is 6.63. The third-order valence-electron chi connectivity index (χ3n) is 2.69. The molecule has 0 aromatic carbocycles. The second kappa shape index (κ2) is 5.44. The number of nitrogens with two attached hydrogens (primary N) is 1. The highest BCUT2D eigenvalue weighted by atomic mass is 31.1. The van der Waals surface area contributed by atoms with Crippen LogP contribution in [0.5, 0.6) is 0 Å². The van der Waals surface area contributed by atoms with Gasteiger partial charge in [0, 0.05) is 6.04 Å². The lowest BCUT2D eigenvalue weighted by Gasteiger charge is -2.39. The maximum absolute atomic E-state index is 11.8. The molecule has 0 aromatic rings. The van der Waals surface area contributed by atoms with E-state index in [9.17, 15) is 4.79 Å². The van der Waals surface area contributed by atoms with E-state index in [-0.39, 0.29) is 16.9 Å². The number of carbonyl (C=O) groups excluding carboxylic acids is 1. The van der Waals surface area contributed by atoms with E-state index in [0.29, 0.717) is 0 Å². The molecule has 3 atom stereocenters. The van der Waals surface area contributed by atoms with Gasteiger partial charge in [0.05, 0.1) is 5.92 Å². The van der Waals surface area contributed by atoms with Crippen LogP contribution < -0.4 is 5.73 Å². The van der Waals surface area contributed by atoms with E-state index in [0.717, 1.165) is 0 Å². The molecule has 16 heavy (non-hydrogen) atoms. The van der Waals surface area contributed by atoms with Gasteiger partial charge in [0.15, 0.2) is 0 Å². The van der Waals surface area contributed by atoms with Gasteiger partial charge in [-0.1, -0.05) is 41.5 Å². The molecular formula is C11H24NO3P. The Morgan fingerprint density at radius 1 is 1.19 bits per heavy atom. The van der Waals surface area contributed by atoms with Gasteiger partial charge in [-0.05, 0) is 10.8 Å². The molecule has 0 aliphatic carbocycles. The molecule has 96 valence electrons. The van der Waals surface area contributed by atoms with Crippen LogP contribution in [-0.4, -0.2) is 16.9 Å². The van der Waals surface area contributed by atoms with Crippen molar-refractivity contribution in [3.8, 4) is 0 Å². The summed E-state index contributed by atoms with van der Waals surface area (Å²) in [4.78, 5) is 20.5. The molecule has 0 amide bonds.